The van der Waals surface area contributed by atoms with Crippen LogP contribution in [0.25, 0.3) is 0 Å². The Labute approximate surface area is 82.5 Å². The van der Waals surface area contributed by atoms with Gasteiger partial charge in [-0.2, -0.15) is 12.6 Å². The van der Waals surface area contributed by atoms with Crippen LogP contribution in [0.15, 0.2) is 0 Å². The third-order valence-electron chi connectivity index (χ3n) is 3.53. The molecule has 0 bridgehead atoms. The van der Waals surface area contributed by atoms with Gasteiger partial charge in [0.1, 0.15) is 0 Å². The maximum absolute atomic E-state index is 4.30. The van der Waals surface area contributed by atoms with Gasteiger partial charge in [0, 0.05) is 0 Å². The van der Waals surface area contributed by atoms with Crippen LogP contribution in [0.2, 0.25) is 0 Å². The van der Waals surface area contributed by atoms with E-state index in [2.05, 4.69) is 19.6 Å². The van der Waals surface area contributed by atoms with E-state index in [-0.39, 0.29) is 0 Å². The molecule has 72 valence electrons. The molecule has 0 saturated heterocycles. The molecule has 0 heterocycles. The van der Waals surface area contributed by atoms with Crippen LogP contribution in [0.1, 0.15) is 58.3 Å². The summed E-state index contributed by atoms with van der Waals surface area (Å²) >= 11 is 4.30. The molecule has 1 aliphatic carbocycles. The van der Waals surface area contributed by atoms with E-state index in [0.29, 0.717) is 0 Å². The third-order valence-corrected chi connectivity index (χ3v) is 3.85. The molecule has 0 aromatic rings. The van der Waals surface area contributed by atoms with Crippen molar-refractivity contribution in [2.45, 2.75) is 58.3 Å². The maximum Gasteiger partial charge on any atom is -0.00977 e. The lowest BCUT2D eigenvalue weighted by molar-refractivity contribution is 0.164. The number of hydrogen-bond acceptors (Lipinski definition) is 1. The van der Waals surface area contributed by atoms with Crippen molar-refractivity contribution in [2.24, 2.45) is 5.41 Å². The van der Waals surface area contributed by atoms with E-state index < -0.39 is 0 Å². The van der Waals surface area contributed by atoms with Crippen LogP contribution >= 0.6 is 12.6 Å². The first-order valence-electron chi connectivity index (χ1n) is 5.44. The van der Waals surface area contributed by atoms with Crippen LogP contribution in [0.3, 0.4) is 0 Å². The molecule has 1 saturated carbocycles. The van der Waals surface area contributed by atoms with E-state index in [1.165, 1.54) is 51.4 Å². The fraction of sp³-hybridized carbons (Fsp3) is 1.00. The first-order valence-corrected chi connectivity index (χ1v) is 6.07. The second-order valence-corrected chi connectivity index (χ2v) is 4.69. The van der Waals surface area contributed by atoms with Crippen molar-refractivity contribution >= 4 is 12.6 Å². The Hall–Kier alpha value is 0.350. The van der Waals surface area contributed by atoms with Gasteiger partial charge in [0.25, 0.3) is 0 Å². The summed E-state index contributed by atoms with van der Waals surface area (Å²) < 4.78 is 0. The molecule has 0 unspecified atom stereocenters. The molecule has 0 nitrogen and oxygen atoms in total. The zero-order valence-corrected chi connectivity index (χ0v) is 9.21. The van der Waals surface area contributed by atoms with Crippen LogP contribution in [0, 0.1) is 5.41 Å². The van der Waals surface area contributed by atoms with E-state index in [1.807, 2.05) is 0 Å². The molecule has 0 atom stereocenters. The lowest BCUT2D eigenvalue weighted by atomic mass is 9.69. The van der Waals surface area contributed by atoms with E-state index in [0.717, 1.165) is 11.2 Å². The molecule has 0 spiro atoms. The molecule has 0 radical (unpaired) electrons. The predicted octanol–water partition coefficient (Wildman–Crippen LogP) is 4.06. The van der Waals surface area contributed by atoms with Crippen molar-refractivity contribution in [3.8, 4) is 0 Å². The van der Waals surface area contributed by atoms with Crippen LogP contribution in [-0.4, -0.2) is 5.75 Å². The van der Waals surface area contributed by atoms with E-state index >= 15 is 0 Å². The molecular weight excluding hydrogens is 164 g/mol. The van der Waals surface area contributed by atoms with Crippen molar-refractivity contribution < 1.29 is 0 Å². The standard InChI is InChI=1S/C11H22S/c1-2-11(9-6-10-12)7-4-3-5-8-11/h12H,2-10H2,1H3. The van der Waals surface area contributed by atoms with Gasteiger partial charge in [0.05, 0.1) is 0 Å². The summed E-state index contributed by atoms with van der Waals surface area (Å²) in [6.45, 7) is 2.36. The Balaban J connectivity index is 2.37. The number of rotatable bonds is 4. The fourth-order valence-electron chi connectivity index (χ4n) is 2.54. The molecule has 0 aromatic heterocycles. The summed E-state index contributed by atoms with van der Waals surface area (Å²) in [7, 11) is 0. The zero-order chi connectivity index (χ0) is 8.86. The fourth-order valence-corrected chi connectivity index (χ4v) is 2.69. The van der Waals surface area contributed by atoms with Gasteiger partial charge in [-0.3, -0.25) is 0 Å². The Morgan fingerprint density at radius 3 is 2.33 bits per heavy atom. The summed E-state index contributed by atoms with van der Waals surface area (Å²) in [5.41, 5.74) is 0.723. The summed E-state index contributed by atoms with van der Waals surface area (Å²) in [4.78, 5) is 0. The quantitative estimate of drug-likeness (QED) is 0.629. The summed E-state index contributed by atoms with van der Waals surface area (Å²) in [5, 5.41) is 0. The highest BCUT2D eigenvalue weighted by atomic mass is 32.1. The molecule has 1 aliphatic rings. The smallest absolute Gasteiger partial charge is 0.00977 e. The molecule has 0 aliphatic heterocycles. The predicted molar refractivity (Wildman–Crippen MR) is 58.9 cm³/mol. The largest absolute Gasteiger partial charge is 0.179 e. The van der Waals surface area contributed by atoms with Crippen molar-refractivity contribution in [2.75, 3.05) is 5.75 Å². The molecule has 1 fully saturated rings. The number of thiol groups is 1. The maximum atomic E-state index is 4.30. The van der Waals surface area contributed by atoms with E-state index in [4.69, 9.17) is 0 Å². The third kappa shape index (κ3) is 2.69. The first kappa shape index (κ1) is 10.4. The van der Waals surface area contributed by atoms with Crippen molar-refractivity contribution in [3.05, 3.63) is 0 Å². The molecule has 0 N–H and O–H groups in total. The summed E-state index contributed by atoms with van der Waals surface area (Å²) in [6, 6.07) is 0. The minimum absolute atomic E-state index is 0.723. The Kier molecular flexibility index (Phi) is 4.49. The van der Waals surface area contributed by atoms with Gasteiger partial charge >= 0.3 is 0 Å². The van der Waals surface area contributed by atoms with Crippen molar-refractivity contribution in [1.29, 1.82) is 0 Å². The molecular formula is C11H22S. The van der Waals surface area contributed by atoms with Crippen LogP contribution in [0.5, 0.6) is 0 Å². The normalized spacial score (nSPS) is 22.5. The molecule has 0 aromatic carbocycles. The van der Waals surface area contributed by atoms with Crippen molar-refractivity contribution in [3.63, 3.8) is 0 Å². The van der Waals surface area contributed by atoms with Crippen LogP contribution in [-0.2, 0) is 0 Å². The lowest BCUT2D eigenvalue weighted by Crippen LogP contribution is -2.23. The van der Waals surface area contributed by atoms with Crippen LogP contribution in [0.4, 0.5) is 0 Å². The minimum atomic E-state index is 0.723. The summed E-state index contributed by atoms with van der Waals surface area (Å²) in [6.07, 6.45) is 11.5. The molecule has 0 amide bonds. The highest BCUT2D eigenvalue weighted by molar-refractivity contribution is 7.80. The zero-order valence-electron chi connectivity index (χ0n) is 8.31. The number of hydrogen-bond donors (Lipinski definition) is 1. The van der Waals surface area contributed by atoms with E-state index in [9.17, 15) is 0 Å². The minimum Gasteiger partial charge on any atom is -0.179 e. The topological polar surface area (TPSA) is 0 Å². The second-order valence-electron chi connectivity index (χ2n) is 4.24. The van der Waals surface area contributed by atoms with Gasteiger partial charge < -0.3 is 0 Å². The second kappa shape index (κ2) is 5.16. The average Bonchev–Trinajstić information content (AvgIpc) is 2.16. The highest BCUT2D eigenvalue weighted by Crippen LogP contribution is 2.42. The highest BCUT2D eigenvalue weighted by Gasteiger charge is 2.28. The van der Waals surface area contributed by atoms with E-state index in [1.54, 1.807) is 0 Å². The van der Waals surface area contributed by atoms with Gasteiger partial charge in [0.2, 0.25) is 0 Å². The summed E-state index contributed by atoms with van der Waals surface area (Å²) in [5.74, 6) is 1.07. The Bertz CT molecular complexity index is 114. The molecule has 1 heteroatoms. The van der Waals surface area contributed by atoms with Gasteiger partial charge in [-0.05, 0) is 36.9 Å². The molecule has 1 rings (SSSR count). The van der Waals surface area contributed by atoms with Crippen LogP contribution < -0.4 is 0 Å². The first-order chi connectivity index (χ1) is 5.83. The van der Waals surface area contributed by atoms with Gasteiger partial charge in [-0.25, -0.2) is 0 Å². The van der Waals surface area contributed by atoms with Crippen molar-refractivity contribution in [1.82, 2.24) is 0 Å². The lowest BCUT2D eigenvalue weighted by Gasteiger charge is -2.36. The van der Waals surface area contributed by atoms with Gasteiger partial charge in [-0.15, -0.1) is 0 Å². The molecule has 12 heavy (non-hydrogen) atoms. The average molecular weight is 186 g/mol. The van der Waals surface area contributed by atoms with Gasteiger partial charge in [-0.1, -0.05) is 32.6 Å². The Morgan fingerprint density at radius 2 is 1.83 bits per heavy atom. The Morgan fingerprint density at radius 1 is 1.17 bits per heavy atom. The monoisotopic (exact) mass is 186 g/mol. The van der Waals surface area contributed by atoms with Gasteiger partial charge in [0.15, 0.2) is 0 Å². The SMILES string of the molecule is CCC1(CCCS)CCCCC1.